The smallest absolute Gasteiger partial charge is 0.0619 e. The molecule has 0 fully saturated rings. The molecule has 0 N–H and O–H groups in total. The third-order valence-electron chi connectivity index (χ3n) is 11.4. The van der Waals surface area contributed by atoms with Gasteiger partial charge in [0, 0.05) is 38.3 Å². The number of benzene rings is 10. The summed E-state index contributed by atoms with van der Waals surface area (Å²) in [5.74, 6) is 0. The summed E-state index contributed by atoms with van der Waals surface area (Å²) in [5, 5.41) is 17.8. The minimum Gasteiger partial charge on any atom is -0.309 e. The quantitative estimate of drug-likeness (QED) is 0.164. The summed E-state index contributed by atoms with van der Waals surface area (Å²) >= 11 is 0. The van der Waals surface area contributed by atoms with Gasteiger partial charge in [0.15, 0.2) is 0 Å². The van der Waals surface area contributed by atoms with E-state index in [0.717, 1.165) is 5.69 Å². The summed E-state index contributed by atoms with van der Waals surface area (Å²) in [6, 6.07) is 67.4. The van der Waals surface area contributed by atoms with Crippen molar-refractivity contribution in [3.05, 3.63) is 182 Å². The molecule has 52 heavy (non-hydrogen) atoms. The summed E-state index contributed by atoms with van der Waals surface area (Å²) in [7, 11) is 0. The second-order valence-corrected chi connectivity index (χ2v) is 14.1. The van der Waals surface area contributed by atoms with Gasteiger partial charge >= 0.3 is 0 Å². The van der Waals surface area contributed by atoms with Crippen LogP contribution in [0.15, 0.2) is 182 Å². The van der Waals surface area contributed by atoms with Gasteiger partial charge in [-0.1, -0.05) is 133 Å². The summed E-state index contributed by atoms with van der Waals surface area (Å²) in [5.41, 5.74) is 7.21. The second kappa shape index (κ2) is 10.3. The molecule has 2 nitrogen and oxygen atoms in total. The highest BCUT2D eigenvalue weighted by molar-refractivity contribution is 6.30. The molecule has 0 saturated heterocycles. The molecule has 240 valence electrons. The van der Waals surface area contributed by atoms with Gasteiger partial charge < -0.3 is 9.13 Å². The highest BCUT2D eigenvalue weighted by Gasteiger charge is 2.20. The van der Waals surface area contributed by atoms with Crippen LogP contribution in [0.3, 0.4) is 0 Å². The average molecular weight is 659 g/mol. The molecule has 12 aromatic rings. The van der Waals surface area contributed by atoms with Crippen LogP contribution in [0.5, 0.6) is 0 Å². The molecule has 10 aromatic carbocycles. The first-order valence-corrected chi connectivity index (χ1v) is 18.0. The molecule has 0 bridgehead atoms. The molecule has 12 rings (SSSR count). The van der Waals surface area contributed by atoms with Crippen LogP contribution in [-0.2, 0) is 0 Å². The second-order valence-electron chi connectivity index (χ2n) is 14.1. The number of fused-ring (bicyclic) bond motifs is 15. The van der Waals surface area contributed by atoms with Gasteiger partial charge in [0.25, 0.3) is 0 Å². The SMILES string of the molecule is c1ccc2cc(-n3c4ccccc4c4cc(-n5c6cc7c8ccccc8c8ccccc8c7cc6c6ccc7ccccc7c65)ccc43)ccc2c1. The number of hydrogen-bond acceptors (Lipinski definition) is 0. The maximum absolute atomic E-state index is 2.53. The number of rotatable bonds is 2. The number of para-hydroxylation sites is 1. The Morgan fingerprint density at radius 2 is 0.750 bits per heavy atom. The lowest BCUT2D eigenvalue weighted by molar-refractivity contribution is 1.17. The van der Waals surface area contributed by atoms with Crippen molar-refractivity contribution in [1.29, 1.82) is 0 Å². The maximum atomic E-state index is 2.53. The van der Waals surface area contributed by atoms with Gasteiger partial charge in [0.05, 0.1) is 22.1 Å². The monoisotopic (exact) mass is 658 g/mol. The van der Waals surface area contributed by atoms with E-state index in [0.29, 0.717) is 0 Å². The first kappa shape index (κ1) is 27.9. The molecule has 2 heterocycles. The van der Waals surface area contributed by atoms with E-state index in [1.807, 2.05) is 0 Å². The van der Waals surface area contributed by atoms with Crippen LogP contribution in [0.25, 0.3) is 109 Å². The van der Waals surface area contributed by atoms with Gasteiger partial charge in [-0.3, -0.25) is 0 Å². The fourth-order valence-electron chi connectivity index (χ4n) is 9.14. The Bertz CT molecular complexity index is 3470. The van der Waals surface area contributed by atoms with Gasteiger partial charge in [0.1, 0.15) is 0 Å². The van der Waals surface area contributed by atoms with E-state index >= 15 is 0 Å². The third-order valence-corrected chi connectivity index (χ3v) is 11.4. The van der Waals surface area contributed by atoms with Crippen molar-refractivity contribution in [2.45, 2.75) is 0 Å². The highest BCUT2D eigenvalue weighted by Crippen LogP contribution is 2.43. The van der Waals surface area contributed by atoms with Gasteiger partial charge in [-0.05, 0) is 97.0 Å². The molecule has 2 aromatic heterocycles. The van der Waals surface area contributed by atoms with E-state index < -0.39 is 0 Å². The molecule has 0 aliphatic carbocycles. The third kappa shape index (κ3) is 3.73. The van der Waals surface area contributed by atoms with E-state index in [9.17, 15) is 0 Å². The molecule has 0 atom stereocenters. The van der Waals surface area contributed by atoms with E-state index in [-0.39, 0.29) is 0 Å². The number of hydrogen-bond donors (Lipinski definition) is 0. The zero-order valence-corrected chi connectivity index (χ0v) is 28.2. The van der Waals surface area contributed by atoms with Crippen LogP contribution in [-0.4, -0.2) is 9.13 Å². The Morgan fingerprint density at radius 1 is 0.231 bits per heavy atom. The lowest BCUT2D eigenvalue weighted by atomic mass is 9.93. The van der Waals surface area contributed by atoms with Crippen molar-refractivity contribution in [2.75, 3.05) is 0 Å². The van der Waals surface area contributed by atoms with Crippen LogP contribution in [0.1, 0.15) is 0 Å². The van der Waals surface area contributed by atoms with E-state index in [4.69, 9.17) is 0 Å². The Labute approximate surface area is 299 Å². The fraction of sp³-hybridized carbons (Fsp3) is 0. The zero-order valence-electron chi connectivity index (χ0n) is 28.2. The minimum absolute atomic E-state index is 1.16. The topological polar surface area (TPSA) is 9.86 Å². The van der Waals surface area contributed by atoms with Crippen molar-refractivity contribution >= 4 is 97.5 Å². The van der Waals surface area contributed by atoms with Crippen LogP contribution in [0, 0.1) is 0 Å². The zero-order chi connectivity index (χ0) is 33.9. The van der Waals surface area contributed by atoms with E-state index in [1.54, 1.807) is 0 Å². The van der Waals surface area contributed by atoms with Crippen molar-refractivity contribution < 1.29 is 0 Å². The predicted molar refractivity (Wildman–Crippen MR) is 223 cm³/mol. The highest BCUT2D eigenvalue weighted by atomic mass is 15.0. The van der Waals surface area contributed by atoms with Gasteiger partial charge in [-0.25, -0.2) is 0 Å². The summed E-state index contributed by atoms with van der Waals surface area (Å²) < 4.78 is 4.95. The molecule has 0 aliphatic heterocycles. The van der Waals surface area contributed by atoms with Crippen LogP contribution in [0.2, 0.25) is 0 Å². The molecule has 0 spiro atoms. The fourth-order valence-corrected chi connectivity index (χ4v) is 9.14. The predicted octanol–water partition coefficient (Wildman–Crippen LogP) is 13.6. The Kier molecular flexibility index (Phi) is 5.53. The van der Waals surface area contributed by atoms with Crippen LogP contribution >= 0.6 is 0 Å². The molecular weight excluding hydrogens is 629 g/mol. The first-order chi connectivity index (χ1) is 25.8. The van der Waals surface area contributed by atoms with Crippen molar-refractivity contribution in [1.82, 2.24) is 9.13 Å². The number of aromatic nitrogens is 2. The minimum atomic E-state index is 1.16. The summed E-state index contributed by atoms with van der Waals surface area (Å²) in [6.07, 6.45) is 0. The molecule has 2 heteroatoms. The van der Waals surface area contributed by atoms with Gasteiger partial charge in [-0.15, -0.1) is 0 Å². The number of nitrogens with zero attached hydrogens (tertiary/aromatic N) is 2. The Balaban J connectivity index is 1.22. The summed E-state index contributed by atoms with van der Waals surface area (Å²) in [4.78, 5) is 0. The van der Waals surface area contributed by atoms with Gasteiger partial charge in [-0.2, -0.15) is 0 Å². The molecule has 0 aliphatic rings. The van der Waals surface area contributed by atoms with Crippen molar-refractivity contribution in [3.8, 4) is 11.4 Å². The molecule has 0 unspecified atom stereocenters. The summed E-state index contributed by atoms with van der Waals surface area (Å²) in [6.45, 7) is 0. The maximum Gasteiger partial charge on any atom is 0.0619 e. The molecule has 0 radical (unpaired) electrons. The van der Waals surface area contributed by atoms with E-state index in [2.05, 4.69) is 191 Å². The first-order valence-electron chi connectivity index (χ1n) is 18.0. The van der Waals surface area contributed by atoms with Crippen molar-refractivity contribution in [3.63, 3.8) is 0 Å². The Hall–Kier alpha value is -6.90. The normalized spacial score (nSPS) is 12.2. The van der Waals surface area contributed by atoms with E-state index in [1.165, 1.54) is 103 Å². The average Bonchev–Trinajstić information content (AvgIpc) is 3.72. The van der Waals surface area contributed by atoms with Crippen LogP contribution < -0.4 is 0 Å². The largest absolute Gasteiger partial charge is 0.309 e. The van der Waals surface area contributed by atoms with Crippen molar-refractivity contribution in [2.24, 2.45) is 0 Å². The molecule has 0 amide bonds. The van der Waals surface area contributed by atoms with Crippen LogP contribution in [0.4, 0.5) is 0 Å². The molecular formula is C50H30N2. The lowest BCUT2D eigenvalue weighted by Crippen LogP contribution is -1.96. The molecule has 0 saturated carbocycles. The lowest BCUT2D eigenvalue weighted by Gasteiger charge is -2.13. The van der Waals surface area contributed by atoms with Gasteiger partial charge in [0.2, 0.25) is 0 Å². The standard InChI is InChI=1S/C50H30N2/c1-2-13-33-27-34(23-21-31(33)11-1)51-47-20-10-9-19-41(47)45-28-35(24-26-48(45)51)52-49-30-44-40-18-8-6-16-38(40)37-15-5-7-17-39(37)43(44)29-46(49)42-25-22-32-12-3-4-14-36(32)50(42)52/h1-30H. The Morgan fingerprint density at radius 3 is 1.52 bits per heavy atom.